The number of hydrogen-bond donors (Lipinski definition) is 1. The molecule has 0 aliphatic carbocycles. The molecule has 0 amide bonds. The molecule has 0 radical (unpaired) electrons. The Morgan fingerprint density at radius 3 is 2.38 bits per heavy atom. The molecule has 0 saturated carbocycles. The van der Waals surface area contributed by atoms with Crippen molar-refractivity contribution >= 4 is 16.0 Å². The van der Waals surface area contributed by atoms with Crippen molar-refractivity contribution in [3.05, 3.63) is 23.8 Å². The Bertz CT molecular complexity index is 618. The number of phenols is 1. The van der Waals surface area contributed by atoms with Crippen LogP contribution in [0.25, 0.3) is 0 Å². The molecule has 6 nitrogen and oxygen atoms in total. The zero-order valence-electron chi connectivity index (χ0n) is 11.9. The summed E-state index contributed by atoms with van der Waals surface area (Å²) in [7, 11) is -2.47. The van der Waals surface area contributed by atoms with Crippen LogP contribution in [0.5, 0.6) is 5.75 Å². The molecule has 1 aromatic carbocycles. The third-order valence-corrected chi connectivity index (χ3v) is 5.47. The van der Waals surface area contributed by atoms with Crippen LogP contribution in [0.3, 0.4) is 0 Å². The van der Waals surface area contributed by atoms with Crippen LogP contribution in [0.1, 0.15) is 36.0 Å². The molecule has 2 rings (SSSR count). The Labute approximate surface area is 124 Å². The molecule has 0 spiro atoms. The lowest BCUT2D eigenvalue weighted by Crippen LogP contribution is -2.32. The van der Waals surface area contributed by atoms with Crippen LogP contribution in [0.15, 0.2) is 23.1 Å². The van der Waals surface area contributed by atoms with E-state index in [0.717, 1.165) is 25.7 Å². The number of ether oxygens (including phenoxy) is 1. The van der Waals surface area contributed by atoms with E-state index in [2.05, 4.69) is 4.74 Å². The summed E-state index contributed by atoms with van der Waals surface area (Å²) in [6.07, 6.45) is 3.71. The van der Waals surface area contributed by atoms with Gasteiger partial charge in [0.25, 0.3) is 0 Å². The van der Waals surface area contributed by atoms with Crippen LogP contribution in [0.2, 0.25) is 0 Å². The molecule has 1 aromatic rings. The van der Waals surface area contributed by atoms with Crippen LogP contribution < -0.4 is 0 Å². The smallest absolute Gasteiger partial charge is 0.341 e. The Kier molecular flexibility index (Phi) is 4.84. The highest BCUT2D eigenvalue weighted by Crippen LogP contribution is 2.25. The second-order valence-electron chi connectivity index (χ2n) is 4.99. The number of nitrogens with zero attached hydrogens (tertiary/aromatic N) is 1. The number of carbonyl (C=O) groups excluding carboxylic acids is 1. The lowest BCUT2D eigenvalue weighted by atomic mass is 10.2. The number of hydrogen-bond acceptors (Lipinski definition) is 5. The Morgan fingerprint density at radius 2 is 1.81 bits per heavy atom. The topological polar surface area (TPSA) is 83.9 Å². The maximum Gasteiger partial charge on any atom is 0.341 e. The molecule has 1 aliphatic heterocycles. The van der Waals surface area contributed by atoms with Gasteiger partial charge in [0.05, 0.1) is 12.0 Å². The van der Waals surface area contributed by atoms with E-state index in [0.29, 0.717) is 13.1 Å². The van der Waals surface area contributed by atoms with Gasteiger partial charge in [0.15, 0.2) is 0 Å². The first-order valence-corrected chi connectivity index (χ1v) is 8.32. The summed E-state index contributed by atoms with van der Waals surface area (Å²) >= 11 is 0. The zero-order chi connectivity index (χ0) is 15.5. The number of phenolic OH excluding ortho intramolecular Hbond substituents is 1. The highest BCUT2D eigenvalue weighted by molar-refractivity contribution is 7.89. The molecule has 1 fully saturated rings. The van der Waals surface area contributed by atoms with E-state index in [9.17, 15) is 18.3 Å². The average Bonchev–Trinajstić information content (AvgIpc) is 2.76. The minimum Gasteiger partial charge on any atom is -0.507 e. The maximum atomic E-state index is 12.6. The van der Waals surface area contributed by atoms with E-state index in [1.165, 1.54) is 29.6 Å². The SMILES string of the molecule is COC(=O)c1cc(S(=O)(=O)N2CCCCCC2)ccc1O. The van der Waals surface area contributed by atoms with Gasteiger partial charge in [0, 0.05) is 13.1 Å². The van der Waals surface area contributed by atoms with Crippen LogP contribution in [-0.4, -0.2) is 44.0 Å². The first kappa shape index (κ1) is 15.8. The molecule has 0 aromatic heterocycles. The molecule has 1 aliphatic rings. The van der Waals surface area contributed by atoms with Crippen molar-refractivity contribution in [1.82, 2.24) is 4.31 Å². The lowest BCUT2D eigenvalue weighted by molar-refractivity contribution is 0.0597. The van der Waals surface area contributed by atoms with Gasteiger partial charge in [0.2, 0.25) is 10.0 Å². The van der Waals surface area contributed by atoms with E-state index in [1.807, 2.05) is 0 Å². The Morgan fingerprint density at radius 1 is 1.19 bits per heavy atom. The summed E-state index contributed by atoms with van der Waals surface area (Å²) in [4.78, 5) is 11.6. The standard InChI is InChI=1S/C14H19NO5S/c1-20-14(17)12-10-11(6-7-13(12)16)21(18,19)15-8-4-2-3-5-9-15/h6-7,10,16H,2-5,8-9H2,1H3. The summed E-state index contributed by atoms with van der Waals surface area (Å²) < 4.78 is 31.2. The van der Waals surface area contributed by atoms with Crippen LogP contribution in [0, 0.1) is 0 Å². The number of sulfonamides is 1. The second kappa shape index (κ2) is 6.44. The van der Waals surface area contributed by atoms with Crippen molar-refractivity contribution in [2.45, 2.75) is 30.6 Å². The first-order chi connectivity index (χ1) is 9.96. The minimum atomic E-state index is -3.65. The normalized spacial score (nSPS) is 17.2. The highest BCUT2D eigenvalue weighted by Gasteiger charge is 2.26. The molecule has 0 bridgehead atoms. The van der Waals surface area contributed by atoms with E-state index in [1.54, 1.807) is 0 Å². The van der Waals surface area contributed by atoms with E-state index >= 15 is 0 Å². The molecule has 0 unspecified atom stereocenters. The quantitative estimate of drug-likeness (QED) is 0.859. The van der Waals surface area contributed by atoms with Gasteiger partial charge in [0.1, 0.15) is 11.3 Å². The number of aromatic hydroxyl groups is 1. The number of benzene rings is 1. The van der Waals surface area contributed by atoms with E-state index in [-0.39, 0.29) is 16.2 Å². The van der Waals surface area contributed by atoms with E-state index < -0.39 is 16.0 Å². The lowest BCUT2D eigenvalue weighted by Gasteiger charge is -2.20. The molecule has 1 heterocycles. The average molecular weight is 313 g/mol. The molecule has 21 heavy (non-hydrogen) atoms. The summed E-state index contributed by atoms with van der Waals surface area (Å²) in [5.41, 5.74) is -0.145. The highest BCUT2D eigenvalue weighted by atomic mass is 32.2. The van der Waals surface area contributed by atoms with Gasteiger partial charge < -0.3 is 9.84 Å². The maximum absolute atomic E-state index is 12.6. The van der Waals surface area contributed by atoms with E-state index in [4.69, 9.17) is 0 Å². The molecule has 116 valence electrons. The van der Waals surface area contributed by atoms with Crippen LogP contribution >= 0.6 is 0 Å². The molecular formula is C14H19NO5S. The van der Waals surface area contributed by atoms with Gasteiger partial charge in [-0.1, -0.05) is 12.8 Å². The van der Waals surface area contributed by atoms with Crippen LogP contribution in [0.4, 0.5) is 0 Å². The minimum absolute atomic E-state index is 0.00241. The molecule has 0 atom stereocenters. The van der Waals surface area contributed by atoms with Gasteiger partial charge in [-0.2, -0.15) is 4.31 Å². The van der Waals surface area contributed by atoms with Crippen molar-refractivity contribution in [2.75, 3.05) is 20.2 Å². The molecular weight excluding hydrogens is 294 g/mol. The number of methoxy groups -OCH3 is 1. The third kappa shape index (κ3) is 3.36. The number of esters is 1. The summed E-state index contributed by atoms with van der Waals surface area (Å²) in [5, 5.41) is 9.65. The van der Waals surface area contributed by atoms with Gasteiger partial charge in [-0.25, -0.2) is 13.2 Å². The number of carbonyl (C=O) groups is 1. The van der Waals surface area contributed by atoms with Crippen molar-refractivity contribution in [3.8, 4) is 5.75 Å². The van der Waals surface area contributed by atoms with Crippen molar-refractivity contribution < 1.29 is 23.1 Å². The van der Waals surface area contributed by atoms with Gasteiger partial charge in [-0.05, 0) is 31.0 Å². The Hall–Kier alpha value is -1.60. The van der Waals surface area contributed by atoms with Crippen molar-refractivity contribution in [3.63, 3.8) is 0 Å². The third-order valence-electron chi connectivity index (χ3n) is 3.58. The second-order valence-corrected chi connectivity index (χ2v) is 6.93. The van der Waals surface area contributed by atoms with Gasteiger partial charge in [-0.3, -0.25) is 0 Å². The predicted octanol–water partition coefficient (Wildman–Crippen LogP) is 1.74. The summed E-state index contributed by atoms with van der Waals surface area (Å²) in [5.74, 6) is -1.06. The molecule has 7 heteroatoms. The summed E-state index contributed by atoms with van der Waals surface area (Å²) in [6.45, 7) is 0.966. The fourth-order valence-corrected chi connectivity index (χ4v) is 3.92. The zero-order valence-corrected chi connectivity index (χ0v) is 12.7. The number of rotatable bonds is 3. The van der Waals surface area contributed by atoms with Crippen molar-refractivity contribution in [2.24, 2.45) is 0 Å². The first-order valence-electron chi connectivity index (χ1n) is 6.88. The van der Waals surface area contributed by atoms with Crippen LogP contribution in [-0.2, 0) is 14.8 Å². The van der Waals surface area contributed by atoms with Crippen molar-refractivity contribution in [1.29, 1.82) is 0 Å². The van der Waals surface area contributed by atoms with Gasteiger partial charge in [-0.15, -0.1) is 0 Å². The molecule has 1 saturated heterocycles. The fourth-order valence-electron chi connectivity index (χ4n) is 2.38. The summed E-state index contributed by atoms with van der Waals surface area (Å²) in [6, 6.07) is 3.68. The Balaban J connectivity index is 2.37. The predicted molar refractivity (Wildman–Crippen MR) is 76.7 cm³/mol. The molecule has 1 N–H and O–H groups in total. The fraction of sp³-hybridized carbons (Fsp3) is 0.500. The largest absolute Gasteiger partial charge is 0.507 e. The monoisotopic (exact) mass is 313 g/mol. The van der Waals surface area contributed by atoms with Gasteiger partial charge >= 0.3 is 5.97 Å².